The van der Waals surface area contributed by atoms with Gasteiger partial charge in [0.15, 0.2) is 0 Å². The monoisotopic (exact) mass is 543 g/mol. The molecule has 200 valence electrons. The van der Waals surface area contributed by atoms with E-state index in [0.717, 1.165) is 16.1 Å². The molecule has 3 amide bonds. The molecule has 1 heterocycles. The molecular formula is C24H26ClF4N5O3. The molecule has 8 nitrogen and oxygen atoms in total. The molecular weight excluding hydrogens is 518 g/mol. The molecule has 0 spiro atoms. The van der Waals surface area contributed by atoms with Crippen molar-refractivity contribution >= 4 is 29.6 Å². The number of urea groups is 1. The Bertz CT molecular complexity index is 1130. The van der Waals surface area contributed by atoms with E-state index in [4.69, 9.17) is 16.4 Å². The molecule has 0 saturated heterocycles. The molecule has 0 bridgehead atoms. The van der Waals surface area contributed by atoms with Crippen molar-refractivity contribution < 1.29 is 32.0 Å². The van der Waals surface area contributed by atoms with Crippen molar-refractivity contribution in [2.75, 3.05) is 19.7 Å². The Balaban J connectivity index is 1.62. The molecule has 0 aromatic heterocycles. The summed E-state index contributed by atoms with van der Waals surface area (Å²) < 4.78 is 51.8. The zero-order valence-electron chi connectivity index (χ0n) is 19.8. The van der Waals surface area contributed by atoms with Crippen LogP contribution in [0.4, 0.5) is 22.4 Å². The van der Waals surface area contributed by atoms with Crippen LogP contribution in [0.3, 0.4) is 0 Å². The maximum atomic E-state index is 13.8. The van der Waals surface area contributed by atoms with Crippen LogP contribution in [-0.4, -0.2) is 53.8 Å². The Morgan fingerprint density at radius 2 is 1.95 bits per heavy atom. The van der Waals surface area contributed by atoms with Crippen LogP contribution in [0.2, 0.25) is 5.02 Å². The number of benzene rings is 2. The van der Waals surface area contributed by atoms with Gasteiger partial charge >= 0.3 is 12.2 Å². The molecule has 13 heteroatoms. The first kappa shape index (κ1) is 28.4. The summed E-state index contributed by atoms with van der Waals surface area (Å²) in [6, 6.07) is 10.1. The predicted molar refractivity (Wildman–Crippen MR) is 129 cm³/mol. The minimum atomic E-state index is -4.47. The fourth-order valence-corrected chi connectivity index (χ4v) is 3.80. The average Bonchev–Trinajstić information content (AvgIpc) is 2.85. The Labute approximate surface area is 216 Å². The van der Waals surface area contributed by atoms with E-state index in [1.165, 1.54) is 30.0 Å². The zero-order valence-corrected chi connectivity index (χ0v) is 20.6. The van der Waals surface area contributed by atoms with Gasteiger partial charge in [0, 0.05) is 26.2 Å². The highest BCUT2D eigenvalue weighted by molar-refractivity contribution is 6.31. The van der Waals surface area contributed by atoms with Gasteiger partial charge in [0.1, 0.15) is 5.82 Å². The number of nitrogens with zero attached hydrogens (tertiary/aromatic N) is 2. The first-order valence-corrected chi connectivity index (χ1v) is 11.6. The summed E-state index contributed by atoms with van der Waals surface area (Å²) in [5, 5.41) is 3.13. The lowest BCUT2D eigenvalue weighted by Gasteiger charge is -2.32. The molecule has 3 rings (SSSR count). The van der Waals surface area contributed by atoms with Gasteiger partial charge in [0.05, 0.1) is 30.8 Å². The summed E-state index contributed by atoms with van der Waals surface area (Å²) in [6.07, 6.45) is -1.13. The number of rotatable bonds is 10. The molecule has 1 aliphatic heterocycles. The van der Waals surface area contributed by atoms with Crippen molar-refractivity contribution in [3.8, 4) is 0 Å². The van der Waals surface area contributed by atoms with E-state index in [1.807, 2.05) is 24.3 Å². The lowest BCUT2D eigenvalue weighted by atomic mass is 10.0. The number of nitrogens with one attached hydrogen (secondary N) is 3. The summed E-state index contributed by atoms with van der Waals surface area (Å²) >= 11 is 5.96. The van der Waals surface area contributed by atoms with Gasteiger partial charge in [0.2, 0.25) is 5.91 Å². The normalized spacial score (nSPS) is 13.7. The molecule has 0 fully saturated rings. The highest BCUT2D eigenvalue weighted by Crippen LogP contribution is 2.20. The van der Waals surface area contributed by atoms with E-state index in [0.29, 0.717) is 12.1 Å². The van der Waals surface area contributed by atoms with Gasteiger partial charge in [-0.05, 0) is 28.8 Å². The van der Waals surface area contributed by atoms with Gasteiger partial charge < -0.3 is 5.32 Å². The van der Waals surface area contributed by atoms with Crippen LogP contribution in [0.5, 0.6) is 0 Å². The smallest absolute Gasteiger partial charge is 0.306 e. The molecule has 1 atom stereocenters. The van der Waals surface area contributed by atoms with Crippen molar-refractivity contribution in [3.05, 3.63) is 76.2 Å². The molecule has 0 radical (unpaired) electrons. The third-order valence-corrected chi connectivity index (χ3v) is 5.83. The van der Waals surface area contributed by atoms with Crippen molar-refractivity contribution in [3.63, 3.8) is 0 Å². The second kappa shape index (κ2) is 12.9. The van der Waals surface area contributed by atoms with Crippen LogP contribution >= 0.6 is 11.6 Å². The number of hydrazine groups is 1. The van der Waals surface area contributed by atoms with E-state index < -0.39 is 36.5 Å². The predicted octanol–water partition coefficient (Wildman–Crippen LogP) is 3.98. The maximum Gasteiger partial charge on any atom is 0.401 e. The van der Waals surface area contributed by atoms with Crippen LogP contribution < -0.4 is 16.2 Å². The van der Waals surface area contributed by atoms with Crippen LogP contribution in [0.1, 0.15) is 23.6 Å². The Morgan fingerprint density at radius 1 is 1.19 bits per heavy atom. The molecule has 37 heavy (non-hydrogen) atoms. The van der Waals surface area contributed by atoms with Crippen molar-refractivity contribution in [2.45, 2.75) is 32.2 Å². The number of carbonyl (C=O) groups is 2. The van der Waals surface area contributed by atoms with Crippen LogP contribution in [0.15, 0.2) is 48.7 Å². The summed E-state index contributed by atoms with van der Waals surface area (Å²) in [5.41, 5.74) is 7.25. The minimum absolute atomic E-state index is 0.0870. The van der Waals surface area contributed by atoms with Gasteiger partial charge in [-0.15, -0.1) is 0 Å². The first-order valence-electron chi connectivity index (χ1n) is 11.2. The van der Waals surface area contributed by atoms with Crippen LogP contribution in [-0.2, 0) is 22.7 Å². The highest BCUT2D eigenvalue weighted by atomic mass is 35.5. The standard InChI is InChI=1S/C24H26ClF4N5O3/c1-16(35)34(31-11-18-7-4-8-21(26)22(18)25)20(12-30-15-24(27,28)29)14-37-32-23(36)33-10-9-17-5-2-3-6-19(17)13-33/h2-10,20,30-31H,11-15H2,1H3,(H,32,36)/t20-/m0/s1. The summed E-state index contributed by atoms with van der Waals surface area (Å²) in [5.74, 6) is -1.20. The van der Waals surface area contributed by atoms with Gasteiger partial charge in [-0.1, -0.05) is 48.0 Å². The molecule has 2 aromatic carbocycles. The number of amides is 3. The Morgan fingerprint density at radius 3 is 2.68 bits per heavy atom. The van der Waals surface area contributed by atoms with Crippen molar-refractivity contribution in [1.82, 2.24) is 26.1 Å². The molecule has 1 aliphatic rings. The van der Waals surface area contributed by atoms with E-state index in [-0.39, 0.29) is 24.7 Å². The van der Waals surface area contributed by atoms with Gasteiger partial charge in [0.25, 0.3) is 0 Å². The quantitative estimate of drug-likeness (QED) is 0.312. The number of hydrogen-bond acceptors (Lipinski definition) is 5. The molecule has 3 N–H and O–H groups in total. The van der Waals surface area contributed by atoms with E-state index in [1.54, 1.807) is 12.3 Å². The molecule has 2 aromatic rings. The van der Waals surface area contributed by atoms with Crippen molar-refractivity contribution in [1.29, 1.82) is 0 Å². The molecule has 0 unspecified atom stereocenters. The van der Waals surface area contributed by atoms with Crippen molar-refractivity contribution in [2.24, 2.45) is 0 Å². The lowest BCUT2D eigenvalue weighted by molar-refractivity contribution is -0.138. The SMILES string of the molecule is CC(=O)N(NCc1cccc(F)c1Cl)[C@@H](CNCC(F)(F)F)CONC(=O)N1C=Cc2ccccc2C1. The third-order valence-electron chi connectivity index (χ3n) is 5.41. The van der Waals surface area contributed by atoms with Gasteiger partial charge in [-0.25, -0.2) is 20.1 Å². The number of hydroxylamine groups is 1. The van der Waals surface area contributed by atoms with Crippen LogP contribution in [0.25, 0.3) is 6.08 Å². The Kier molecular flexibility index (Phi) is 9.86. The number of fused-ring (bicyclic) bond motifs is 1. The third kappa shape index (κ3) is 8.42. The summed E-state index contributed by atoms with van der Waals surface area (Å²) in [4.78, 5) is 31.5. The lowest BCUT2D eigenvalue weighted by Crippen LogP contribution is -2.55. The average molecular weight is 544 g/mol. The second-order valence-corrected chi connectivity index (χ2v) is 8.58. The fourth-order valence-electron chi connectivity index (χ4n) is 3.60. The minimum Gasteiger partial charge on any atom is -0.306 e. The van der Waals surface area contributed by atoms with E-state index in [2.05, 4.69) is 16.2 Å². The topological polar surface area (TPSA) is 85.9 Å². The van der Waals surface area contributed by atoms with Gasteiger partial charge in [-0.2, -0.15) is 13.2 Å². The summed E-state index contributed by atoms with van der Waals surface area (Å²) in [6.45, 7) is -0.560. The van der Waals surface area contributed by atoms with Gasteiger partial charge in [-0.3, -0.25) is 19.5 Å². The fraction of sp³-hybridized carbons (Fsp3) is 0.333. The van der Waals surface area contributed by atoms with Crippen LogP contribution in [0, 0.1) is 5.82 Å². The zero-order chi connectivity index (χ0) is 27.0. The molecule has 0 aliphatic carbocycles. The van der Waals surface area contributed by atoms with E-state index in [9.17, 15) is 27.2 Å². The molecule has 0 saturated carbocycles. The first-order chi connectivity index (χ1) is 17.5. The second-order valence-electron chi connectivity index (χ2n) is 8.20. The largest absolute Gasteiger partial charge is 0.401 e. The number of hydrogen-bond donors (Lipinski definition) is 3. The maximum absolute atomic E-state index is 13.8. The van der Waals surface area contributed by atoms with E-state index >= 15 is 0 Å². The number of alkyl halides is 3. The summed E-state index contributed by atoms with van der Waals surface area (Å²) in [7, 11) is 0. The highest BCUT2D eigenvalue weighted by Gasteiger charge is 2.29. The Hall–Kier alpha value is -3.19. The number of halogens is 5. The number of carbonyl (C=O) groups excluding carboxylic acids is 2.